The molecule has 2 saturated heterocycles. The fourth-order valence-electron chi connectivity index (χ4n) is 3.03. The van der Waals surface area contributed by atoms with Crippen LogP contribution in [0.3, 0.4) is 0 Å². The number of rotatable bonds is 5. The van der Waals surface area contributed by atoms with Crippen LogP contribution < -0.4 is 10.6 Å². The predicted molar refractivity (Wildman–Crippen MR) is 95.7 cm³/mol. The van der Waals surface area contributed by atoms with Crippen molar-refractivity contribution in [2.75, 3.05) is 31.6 Å². The molecule has 2 rings (SSSR count). The number of piperidine rings is 1. The SMILES string of the molecule is CCC(C)NC(=NCC1CCS(=O)(=O)C1)NC1CCC(=O)N(C)C1. The number of hydrogen-bond donors (Lipinski definition) is 2. The first-order chi connectivity index (χ1) is 11.3. The van der Waals surface area contributed by atoms with Gasteiger partial charge in [0.15, 0.2) is 15.8 Å². The molecule has 7 nitrogen and oxygen atoms in total. The van der Waals surface area contributed by atoms with Gasteiger partial charge in [0.25, 0.3) is 0 Å². The fourth-order valence-corrected chi connectivity index (χ4v) is 4.88. The summed E-state index contributed by atoms with van der Waals surface area (Å²) in [6.07, 6.45) is 3.01. The summed E-state index contributed by atoms with van der Waals surface area (Å²) in [5.74, 6) is 1.54. The third-order valence-electron chi connectivity index (χ3n) is 4.80. The summed E-state index contributed by atoms with van der Waals surface area (Å²) in [4.78, 5) is 18.0. The molecule has 8 heteroatoms. The lowest BCUT2D eigenvalue weighted by Crippen LogP contribution is -2.53. The van der Waals surface area contributed by atoms with Crippen molar-refractivity contribution in [3.8, 4) is 0 Å². The highest BCUT2D eigenvalue weighted by molar-refractivity contribution is 7.91. The Balaban J connectivity index is 1.96. The number of amides is 1. The normalized spacial score (nSPS) is 28.7. The van der Waals surface area contributed by atoms with Gasteiger partial charge in [0.05, 0.1) is 11.5 Å². The lowest BCUT2D eigenvalue weighted by molar-refractivity contribution is -0.132. The summed E-state index contributed by atoms with van der Waals surface area (Å²) in [5.41, 5.74) is 0. The Morgan fingerprint density at radius 2 is 2.17 bits per heavy atom. The maximum Gasteiger partial charge on any atom is 0.222 e. The van der Waals surface area contributed by atoms with Gasteiger partial charge in [-0.3, -0.25) is 9.79 Å². The van der Waals surface area contributed by atoms with Gasteiger partial charge in [0.1, 0.15) is 0 Å². The van der Waals surface area contributed by atoms with Crippen LogP contribution in [0.4, 0.5) is 0 Å². The van der Waals surface area contributed by atoms with E-state index >= 15 is 0 Å². The van der Waals surface area contributed by atoms with Crippen LogP contribution in [0.15, 0.2) is 4.99 Å². The van der Waals surface area contributed by atoms with E-state index in [0.717, 1.165) is 18.8 Å². The molecular formula is C16H30N4O3S. The lowest BCUT2D eigenvalue weighted by atomic mass is 10.1. The van der Waals surface area contributed by atoms with Crippen molar-refractivity contribution in [3.63, 3.8) is 0 Å². The van der Waals surface area contributed by atoms with E-state index in [1.54, 1.807) is 4.90 Å². The molecule has 0 aromatic heterocycles. The predicted octanol–water partition coefficient (Wildman–Crippen LogP) is 0.376. The number of carbonyl (C=O) groups is 1. The molecule has 0 aliphatic carbocycles. The van der Waals surface area contributed by atoms with Crippen molar-refractivity contribution >= 4 is 21.7 Å². The Labute approximate surface area is 145 Å². The zero-order valence-electron chi connectivity index (χ0n) is 14.9. The van der Waals surface area contributed by atoms with Crippen LogP contribution in [0.2, 0.25) is 0 Å². The van der Waals surface area contributed by atoms with Crippen LogP contribution in [0.25, 0.3) is 0 Å². The number of aliphatic imine (C=N–C) groups is 1. The van der Waals surface area contributed by atoms with Crippen molar-refractivity contribution in [1.82, 2.24) is 15.5 Å². The molecule has 2 heterocycles. The molecule has 0 aromatic carbocycles. The topological polar surface area (TPSA) is 90.9 Å². The molecule has 0 spiro atoms. The zero-order chi connectivity index (χ0) is 17.7. The fraction of sp³-hybridized carbons (Fsp3) is 0.875. The monoisotopic (exact) mass is 358 g/mol. The standard InChI is InChI=1S/C16H30N4O3S/c1-4-12(2)18-16(17-9-13-7-8-24(22,23)11-13)19-14-5-6-15(21)20(3)10-14/h12-14H,4-11H2,1-3H3,(H2,17,18,19). The number of likely N-dealkylation sites (tertiary alicyclic amines) is 1. The van der Waals surface area contributed by atoms with Crippen LogP contribution in [-0.2, 0) is 14.6 Å². The maximum absolute atomic E-state index is 11.6. The number of likely N-dealkylation sites (N-methyl/N-ethyl adjacent to an activating group) is 1. The second kappa shape index (κ2) is 8.18. The first-order valence-corrected chi connectivity index (χ1v) is 10.6. The highest BCUT2D eigenvalue weighted by atomic mass is 32.2. The second-order valence-corrected chi connectivity index (χ2v) is 9.29. The summed E-state index contributed by atoms with van der Waals surface area (Å²) in [7, 11) is -1.05. The number of sulfone groups is 1. The molecule has 138 valence electrons. The zero-order valence-corrected chi connectivity index (χ0v) is 15.7. The number of nitrogens with one attached hydrogen (secondary N) is 2. The quantitative estimate of drug-likeness (QED) is 0.547. The van der Waals surface area contributed by atoms with E-state index in [2.05, 4.69) is 29.5 Å². The maximum atomic E-state index is 11.6. The van der Waals surface area contributed by atoms with Gasteiger partial charge in [-0.1, -0.05) is 6.92 Å². The lowest BCUT2D eigenvalue weighted by Gasteiger charge is -2.31. The summed E-state index contributed by atoms with van der Waals surface area (Å²) >= 11 is 0. The molecule has 3 atom stereocenters. The van der Waals surface area contributed by atoms with Crippen LogP contribution in [0.1, 0.15) is 39.5 Å². The minimum Gasteiger partial charge on any atom is -0.354 e. The Morgan fingerprint density at radius 3 is 2.75 bits per heavy atom. The molecule has 0 bridgehead atoms. The van der Waals surface area contributed by atoms with Crippen molar-refractivity contribution in [2.24, 2.45) is 10.9 Å². The highest BCUT2D eigenvalue weighted by Gasteiger charge is 2.28. The van der Waals surface area contributed by atoms with E-state index in [1.165, 1.54) is 0 Å². The smallest absolute Gasteiger partial charge is 0.222 e. The van der Waals surface area contributed by atoms with Crippen molar-refractivity contribution in [2.45, 2.75) is 51.6 Å². The molecular weight excluding hydrogens is 328 g/mol. The van der Waals surface area contributed by atoms with Crippen LogP contribution in [0.5, 0.6) is 0 Å². The summed E-state index contributed by atoms with van der Waals surface area (Å²) in [6.45, 7) is 5.38. The van der Waals surface area contributed by atoms with Gasteiger partial charge in [-0.25, -0.2) is 8.42 Å². The largest absolute Gasteiger partial charge is 0.354 e. The van der Waals surface area contributed by atoms with Gasteiger partial charge < -0.3 is 15.5 Å². The van der Waals surface area contributed by atoms with Crippen LogP contribution >= 0.6 is 0 Å². The van der Waals surface area contributed by atoms with E-state index in [4.69, 9.17) is 0 Å². The molecule has 2 aliphatic rings. The first-order valence-electron chi connectivity index (χ1n) is 8.81. The van der Waals surface area contributed by atoms with Gasteiger partial charge in [0, 0.05) is 38.6 Å². The van der Waals surface area contributed by atoms with Gasteiger partial charge in [0.2, 0.25) is 5.91 Å². The van der Waals surface area contributed by atoms with Crippen molar-refractivity contribution in [1.29, 1.82) is 0 Å². The molecule has 0 aromatic rings. The molecule has 0 radical (unpaired) electrons. The number of hydrogen-bond acceptors (Lipinski definition) is 4. The van der Waals surface area contributed by atoms with Gasteiger partial charge in [-0.15, -0.1) is 0 Å². The van der Waals surface area contributed by atoms with Gasteiger partial charge in [-0.2, -0.15) is 0 Å². The molecule has 2 fully saturated rings. The number of carbonyl (C=O) groups excluding carboxylic acids is 1. The van der Waals surface area contributed by atoms with E-state index in [-0.39, 0.29) is 35.4 Å². The third kappa shape index (κ3) is 5.65. The summed E-state index contributed by atoms with van der Waals surface area (Å²) < 4.78 is 23.2. The van der Waals surface area contributed by atoms with E-state index in [9.17, 15) is 13.2 Å². The Hall–Kier alpha value is -1.31. The highest BCUT2D eigenvalue weighted by Crippen LogP contribution is 2.18. The summed E-state index contributed by atoms with van der Waals surface area (Å²) in [5, 5.41) is 6.78. The number of nitrogens with zero attached hydrogens (tertiary/aromatic N) is 2. The van der Waals surface area contributed by atoms with Gasteiger partial charge >= 0.3 is 0 Å². The van der Waals surface area contributed by atoms with Crippen molar-refractivity contribution < 1.29 is 13.2 Å². The molecule has 24 heavy (non-hydrogen) atoms. The number of guanidine groups is 1. The van der Waals surface area contributed by atoms with Crippen LogP contribution in [0, 0.1) is 5.92 Å². The average Bonchev–Trinajstić information content (AvgIpc) is 2.87. The first kappa shape index (κ1) is 19.0. The van der Waals surface area contributed by atoms with E-state index in [1.807, 2.05) is 7.05 Å². The molecule has 3 unspecified atom stereocenters. The molecule has 0 saturated carbocycles. The van der Waals surface area contributed by atoms with E-state index < -0.39 is 9.84 Å². The summed E-state index contributed by atoms with van der Waals surface area (Å²) in [6, 6.07) is 0.460. The van der Waals surface area contributed by atoms with Crippen molar-refractivity contribution in [3.05, 3.63) is 0 Å². The minimum absolute atomic E-state index is 0.112. The third-order valence-corrected chi connectivity index (χ3v) is 6.63. The van der Waals surface area contributed by atoms with Crippen LogP contribution in [-0.4, -0.2) is 68.9 Å². The molecule has 1 amide bonds. The average molecular weight is 359 g/mol. The Morgan fingerprint density at radius 1 is 1.42 bits per heavy atom. The minimum atomic E-state index is -2.87. The molecule has 2 aliphatic heterocycles. The second-order valence-electron chi connectivity index (χ2n) is 7.07. The molecule has 2 N–H and O–H groups in total. The Bertz CT molecular complexity index is 576. The van der Waals surface area contributed by atoms with Gasteiger partial charge in [-0.05, 0) is 32.1 Å². The van der Waals surface area contributed by atoms with E-state index in [0.29, 0.717) is 25.9 Å². The Kier molecular flexibility index (Phi) is 6.48.